The Balaban J connectivity index is 2.19. The number of benzene rings is 2. The highest BCUT2D eigenvalue weighted by Crippen LogP contribution is 2.40. The number of nitrogens with zero attached hydrogens (tertiary/aromatic N) is 2. The van der Waals surface area contributed by atoms with Crippen molar-refractivity contribution in [2.45, 2.75) is 45.3 Å². The van der Waals surface area contributed by atoms with Crippen molar-refractivity contribution in [2.75, 3.05) is 13.2 Å². The van der Waals surface area contributed by atoms with Crippen molar-refractivity contribution in [1.82, 2.24) is 9.80 Å². The van der Waals surface area contributed by atoms with E-state index in [1.165, 1.54) is 0 Å². The van der Waals surface area contributed by atoms with Crippen LogP contribution in [0.15, 0.2) is 60.7 Å². The molecule has 0 unspecified atom stereocenters. The average Bonchev–Trinajstić information content (AvgIpc) is 2.89. The standard InChI is InChI=1S/C24H28N2O5/c1-4-30-23(28)25-17(3)22(19-14-10-7-11-15-19)26(24(29)31-5-2)20(16-21(25)27)18-12-8-6-9-13-18/h6-15,17,20,22H,4-5,16H2,1-3H3/t17-,20-,22+/m1/s1. The van der Waals surface area contributed by atoms with Gasteiger partial charge in [0.05, 0.1) is 37.8 Å². The van der Waals surface area contributed by atoms with Crippen LogP contribution in [-0.2, 0) is 14.3 Å². The third-order valence-electron chi connectivity index (χ3n) is 5.40. The van der Waals surface area contributed by atoms with Gasteiger partial charge in [-0.15, -0.1) is 0 Å². The summed E-state index contributed by atoms with van der Waals surface area (Å²) in [5.74, 6) is -0.396. The van der Waals surface area contributed by atoms with Crippen LogP contribution >= 0.6 is 0 Å². The van der Waals surface area contributed by atoms with Crippen molar-refractivity contribution >= 4 is 18.1 Å². The third kappa shape index (κ3) is 4.71. The Morgan fingerprint density at radius 2 is 1.39 bits per heavy atom. The lowest BCUT2D eigenvalue weighted by Crippen LogP contribution is -2.48. The molecule has 1 saturated heterocycles. The van der Waals surface area contributed by atoms with Gasteiger partial charge in [-0.2, -0.15) is 0 Å². The summed E-state index contributed by atoms with van der Waals surface area (Å²) in [7, 11) is 0. The maximum Gasteiger partial charge on any atom is 0.416 e. The minimum absolute atomic E-state index is 0.0602. The van der Waals surface area contributed by atoms with Gasteiger partial charge < -0.3 is 9.47 Å². The summed E-state index contributed by atoms with van der Waals surface area (Å²) in [5, 5.41) is 0. The van der Waals surface area contributed by atoms with Crippen LogP contribution in [0.25, 0.3) is 0 Å². The lowest BCUT2D eigenvalue weighted by molar-refractivity contribution is -0.130. The van der Waals surface area contributed by atoms with Crippen LogP contribution in [-0.4, -0.2) is 47.1 Å². The SMILES string of the molecule is CCOC(=O)N1C(=O)C[C@H](c2ccccc2)N(C(=O)OCC)[C@H](c2ccccc2)[C@H]1C. The van der Waals surface area contributed by atoms with Gasteiger partial charge in [0.1, 0.15) is 0 Å². The summed E-state index contributed by atoms with van der Waals surface area (Å²) in [5.41, 5.74) is 1.59. The molecule has 2 aromatic rings. The fourth-order valence-electron chi connectivity index (χ4n) is 4.10. The van der Waals surface area contributed by atoms with E-state index in [1.54, 1.807) is 25.7 Å². The molecule has 2 aromatic carbocycles. The predicted molar refractivity (Wildman–Crippen MR) is 115 cm³/mol. The number of ether oxygens (including phenoxy) is 2. The molecule has 0 N–H and O–H groups in total. The van der Waals surface area contributed by atoms with Crippen LogP contribution < -0.4 is 0 Å². The van der Waals surface area contributed by atoms with Gasteiger partial charge in [-0.25, -0.2) is 14.5 Å². The topological polar surface area (TPSA) is 76.2 Å². The van der Waals surface area contributed by atoms with E-state index >= 15 is 0 Å². The van der Waals surface area contributed by atoms with Crippen LogP contribution in [0.2, 0.25) is 0 Å². The van der Waals surface area contributed by atoms with Gasteiger partial charge in [0.25, 0.3) is 0 Å². The van der Waals surface area contributed by atoms with E-state index < -0.39 is 36.2 Å². The van der Waals surface area contributed by atoms with E-state index in [2.05, 4.69) is 0 Å². The van der Waals surface area contributed by atoms with Gasteiger partial charge in [0.2, 0.25) is 5.91 Å². The van der Waals surface area contributed by atoms with Gasteiger partial charge >= 0.3 is 12.2 Å². The van der Waals surface area contributed by atoms with Crippen molar-refractivity contribution in [1.29, 1.82) is 0 Å². The molecule has 0 aliphatic carbocycles. The zero-order valence-electron chi connectivity index (χ0n) is 18.1. The molecule has 0 saturated carbocycles. The molecule has 7 nitrogen and oxygen atoms in total. The summed E-state index contributed by atoms with van der Waals surface area (Å²) in [4.78, 5) is 42.0. The number of rotatable bonds is 4. The van der Waals surface area contributed by atoms with Crippen molar-refractivity contribution in [3.63, 3.8) is 0 Å². The largest absolute Gasteiger partial charge is 0.450 e. The van der Waals surface area contributed by atoms with Crippen LogP contribution in [0.3, 0.4) is 0 Å². The molecule has 0 radical (unpaired) electrons. The number of hydrogen-bond donors (Lipinski definition) is 0. The summed E-state index contributed by atoms with van der Waals surface area (Å²) >= 11 is 0. The molecular formula is C24H28N2O5. The van der Waals surface area contributed by atoms with Gasteiger partial charge in [0.15, 0.2) is 0 Å². The molecule has 31 heavy (non-hydrogen) atoms. The highest BCUT2D eigenvalue weighted by molar-refractivity contribution is 5.93. The molecular weight excluding hydrogens is 396 g/mol. The molecule has 164 valence electrons. The highest BCUT2D eigenvalue weighted by Gasteiger charge is 2.46. The Morgan fingerprint density at radius 1 is 0.871 bits per heavy atom. The molecule has 1 aliphatic rings. The van der Waals surface area contributed by atoms with Gasteiger partial charge in [-0.1, -0.05) is 60.7 Å². The van der Waals surface area contributed by atoms with Gasteiger partial charge in [0, 0.05) is 0 Å². The van der Waals surface area contributed by atoms with Crippen LogP contribution in [0.1, 0.15) is 50.4 Å². The Morgan fingerprint density at radius 3 is 1.94 bits per heavy atom. The number of imide groups is 1. The van der Waals surface area contributed by atoms with Crippen LogP contribution in [0, 0.1) is 0 Å². The fraction of sp³-hybridized carbons (Fsp3) is 0.375. The predicted octanol–water partition coefficient (Wildman–Crippen LogP) is 4.70. The van der Waals surface area contributed by atoms with E-state index in [-0.39, 0.29) is 19.6 Å². The van der Waals surface area contributed by atoms with Crippen molar-refractivity contribution < 1.29 is 23.9 Å². The first-order valence-corrected chi connectivity index (χ1v) is 10.5. The van der Waals surface area contributed by atoms with Crippen LogP contribution in [0.4, 0.5) is 9.59 Å². The number of hydrogen-bond acceptors (Lipinski definition) is 5. The average molecular weight is 424 g/mol. The first-order chi connectivity index (χ1) is 15.0. The number of amides is 3. The van der Waals surface area contributed by atoms with E-state index in [0.29, 0.717) is 0 Å². The lowest BCUT2D eigenvalue weighted by Gasteiger charge is -2.39. The van der Waals surface area contributed by atoms with Crippen molar-refractivity contribution in [3.05, 3.63) is 71.8 Å². The fourth-order valence-corrected chi connectivity index (χ4v) is 4.10. The molecule has 0 spiro atoms. The Labute approximate surface area is 182 Å². The lowest BCUT2D eigenvalue weighted by atomic mass is 9.95. The minimum atomic E-state index is -0.710. The summed E-state index contributed by atoms with van der Waals surface area (Å²) in [6.45, 7) is 5.53. The quantitative estimate of drug-likeness (QED) is 0.711. The van der Waals surface area contributed by atoms with E-state index in [1.807, 2.05) is 60.7 Å². The number of carbonyl (C=O) groups excluding carboxylic acids is 3. The normalized spacial score (nSPS) is 21.4. The summed E-state index contributed by atoms with van der Waals surface area (Å²) < 4.78 is 10.6. The third-order valence-corrected chi connectivity index (χ3v) is 5.40. The highest BCUT2D eigenvalue weighted by atomic mass is 16.6. The molecule has 1 heterocycles. The Bertz CT molecular complexity index is 903. The Hall–Kier alpha value is -3.35. The minimum Gasteiger partial charge on any atom is -0.450 e. The molecule has 3 rings (SSSR count). The maximum absolute atomic E-state index is 13.3. The smallest absolute Gasteiger partial charge is 0.416 e. The molecule has 3 atom stereocenters. The van der Waals surface area contributed by atoms with Gasteiger partial charge in [-0.05, 0) is 31.9 Å². The van der Waals surface area contributed by atoms with E-state index in [9.17, 15) is 14.4 Å². The molecule has 7 heteroatoms. The second-order valence-electron chi connectivity index (χ2n) is 7.30. The first kappa shape index (κ1) is 22.3. The molecule has 1 fully saturated rings. The second kappa shape index (κ2) is 10.1. The monoisotopic (exact) mass is 424 g/mol. The zero-order valence-corrected chi connectivity index (χ0v) is 18.1. The number of carbonyl (C=O) groups is 3. The van der Waals surface area contributed by atoms with Crippen molar-refractivity contribution in [3.8, 4) is 0 Å². The second-order valence-corrected chi connectivity index (χ2v) is 7.30. The summed E-state index contributed by atoms with van der Waals surface area (Å²) in [6, 6.07) is 16.8. The molecule has 0 bridgehead atoms. The molecule has 3 amide bonds. The van der Waals surface area contributed by atoms with E-state index in [0.717, 1.165) is 16.0 Å². The molecule has 1 aliphatic heterocycles. The maximum atomic E-state index is 13.3. The molecule has 0 aromatic heterocycles. The van der Waals surface area contributed by atoms with Gasteiger partial charge in [-0.3, -0.25) is 9.69 Å². The summed E-state index contributed by atoms with van der Waals surface area (Å²) in [6.07, 6.45) is -1.30. The van der Waals surface area contributed by atoms with Crippen molar-refractivity contribution in [2.24, 2.45) is 0 Å². The van der Waals surface area contributed by atoms with Crippen LogP contribution in [0.5, 0.6) is 0 Å². The van der Waals surface area contributed by atoms with E-state index in [4.69, 9.17) is 9.47 Å². The zero-order chi connectivity index (χ0) is 22.4. The Kier molecular flexibility index (Phi) is 7.28. The first-order valence-electron chi connectivity index (χ1n) is 10.5.